The van der Waals surface area contributed by atoms with Crippen LogP contribution in [-0.4, -0.2) is 38.5 Å². The Bertz CT molecular complexity index is 418. The van der Waals surface area contributed by atoms with E-state index in [2.05, 4.69) is 31.1 Å². The summed E-state index contributed by atoms with van der Waals surface area (Å²) >= 11 is 0. The first-order chi connectivity index (χ1) is 9.28. The summed E-state index contributed by atoms with van der Waals surface area (Å²) in [5, 5.41) is 3.18. The zero-order chi connectivity index (χ0) is 15.2. The molecule has 1 fully saturated rings. The van der Waals surface area contributed by atoms with Gasteiger partial charge in [0.25, 0.3) is 0 Å². The molecule has 5 nitrogen and oxygen atoms in total. The average Bonchev–Trinajstić information content (AvgIpc) is 2.66. The van der Waals surface area contributed by atoms with E-state index in [0.717, 1.165) is 12.3 Å². The lowest BCUT2D eigenvalue weighted by atomic mass is 10.0. The Morgan fingerprint density at radius 3 is 2.60 bits per heavy atom. The summed E-state index contributed by atoms with van der Waals surface area (Å²) in [5.41, 5.74) is 5.84. The smallest absolute Gasteiger partial charge is 0.188 e. The number of sulfone groups is 1. The number of hydrogen-bond acceptors (Lipinski definition) is 3. The SMILES string of the molecule is CC(C)CCCC(C)NC(N)=NCC1CCS(=O)(=O)C1. The second-order valence-corrected chi connectivity index (χ2v) is 8.59. The summed E-state index contributed by atoms with van der Waals surface area (Å²) in [4.78, 5) is 4.27. The Morgan fingerprint density at radius 2 is 2.05 bits per heavy atom. The van der Waals surface area contributed by atoms with Gasteiger partial charge in [0.05, 0.1) is 11.5 Å². The Kier molecular flexibility index (Phi) is 6.79. The van der Waals surface area contributed by atoms with Crippen molar-refractivity contribution in [3.05, 3.63) is 0 Å². The van der Waals surface area contributed by atoms with Gasteiger partial charge in [-0.2, -0.15) is 0 Å². The van der Waals surface area contributed by atoms with Gasteiger partial charge in [-0.3, -0.25) is 4.99 Å². The van der Waals surface area contributed by atoms with E-state index in [1.54, 1.807) is 0 Å². The summed E-state index contributed by atoms with van der Waals surface area (Å²) in [5.74, 6) is 1.86. The Balaban J connectivity index is 2.24. The number of nitrogens with zero attached hydrogens (tertiary/aromatic N) is 1. The highest BCUT2D eigenvalue weighted by atomic mass is 32.2. The third-order valence-electron chi connectivity index (χ3n) is 3.66. The van der Waals surface area contributed by atoms with Crippen molar-refractivity contribution in [2.75, 3.05) is 18.1 Å². The molecule has 0 aromatic carbocycles. The van der Waals surface area contributed by atoms with Crippen LogP contribution in [0.5, 0.6) is 0 Å². The fraction of sp³-hybridized carbons (Fsp3) is 0.929. The van der Waals surface area contributed by atoms with Crippen molar-refractivity contribution < 1.29 is 8.42 Å². The number of guanidine groups is 1. The minimum atomic E-state index is -2.82. The number of nitrogens with two attached hydrogens (primary N) is 1. The molecule has 0 aromatic rings. The van der Waals surface area contributed by atoms with E-state index in [4.69, 9.17) is 5.73 Å². The molecule has 1 aliphatic rings. The van der Waals surface area contributed by atoms with Gasteiger partial charge in [0.1, 0.15) is 0 Å². The van der Waals surface area contributed by atoms with Crippen molar-refractivity contribution in [3.63, 3.8) is 0 Å². The van der Waals surface area contributed by atoms with E-state index < -0.39 is 9.84 Å². The number of hydrogen-bond donors (Lipinski definition) is 2. The van der Waals surface area contributed by atoms with E-state index >= 15 is 0 Å². The molecule has 0 amide bonds. The zero-order valence-corrected chi connectivity index (χ0v) is 13.7. The van der Waals surface area contributed by atoms with Gasteiger partial charge >= 0.3 is 0 Å². The van der Waals surface area contributed by atoms with Crippen LogP contribution in [-0.2, 0) is 9.84 Å². The average molecular weight is 303 g/mol. The molecule has 1 aliphatic heterocycles. The second-order valence-electron chi connectivity index (χ2n) is 6.37. The Labute approximate surface area is 123 Å². The van der Waals surface area contributed by atoms with Crippen LogP contribution in [0.1, 0.15) is 46.5 Å². The second kappa shape index (κ2) is 7.86. The summed E-state index contributed by atoms with van der Waals surface area (Å²) in [7, 11) is -2.82. The maximum absolute atomic E-state index is 11.3. The van der Waals surface area contributed by atoms with E-state index in [1.807, 2.05) is 0 Å². The molecule has 1 saturated heterocycles. The standard InChI is InChI=1S/C14H29N3O2S/c1-11(2)5-4-6-12(3)17-14(15)16-9-13-7-8-20(18,19)10-13/h11-13H,4-10H2,1-3H3,(H3,15,16,17). The van der Waals surface area contributed by atoms with Crippen LogP contribution in [0.25, 0.3) is 0 Å². The number of nitrogens with one attached hydrogen (secondary N) is 1. The van der Waals surface area contributed by atoms with E-state index in [1.165, 1.54) is 12.8 Å². The lowest BCUT2D eigenvalue weighted by Crippen LogP contribution is -2.38. The first-order valence-corrected chi connectivity index (χ1v) is 9.37. The van der Waals surface area contributed by atoms with Crippen LogP contribution in [0.3, 0.4) is 0 Å². The molecule has 1 rings (SSSR count). The van der Waals surface area contributed by atoms with Gasteiger partial charge in [-0.15, -0.1) is 0 Å². The predicted molar refractivity (Wildman–Crippen MR) is 84.5 cm³/mol. The highest BCUT2D eigenvalue weighted by molar-refractivity contribution is 7.91. The van der Waals surface area contributed by atoms with E-state index in [-0.39, 0.29) is 11.7 Å². The Hall–Kier alpha value is -0.780. The van der Waals surface area contributed by atoms with Gasteiger partial charge in [0, 0.05) is 12.6 Å². The van der Waals surface area contributed by atoms with E-state index in [0.29, 0.717) is 30.7 Å². The Morgan fingerprint density at radius 1 is 1.35 bits per heavy atom. The van der Waals surface area contributed by atoms with Crippen molar-refractivity contribution in [1.29, 1.82) is 0 Å². The molecule has 6 heteroatoms. The molecule has 0 aliphatic carbocycles. The van der Waals surface area contributed by atoms with Crippen LogP contribution in [0.2, 0.25) is 0 Å². The predicted octanol–water partition coefficient (Wildman–Crippen LogP) is 1.54. The van der Waals surface area contributed by atoms with Gasteiger partial charge in [-0.1, -0.05) is 26.7 Å². The van der Waals surface area contributed by atoms with Crippen molar-refractivity contribution in [3.8, 4) is 0 Å². The molecule has 0 radical (unpaired) electrons. The van der Waals surface area contributed by atoms with Crippen LogP contribution in [0.4, 0.5) is 0 Å². The van der Waals surface area contributed by atoms with Crippen molar-refractivity contribution in [2.45, 2.75) is 52.5 Å². The minimum Gasteiger partial charge on any atom is -0.370 e. The fourth-order valence-corrected chi connectivity index (χ4v) is 4.30. The quantitative estimate of drug-likeness (QED) is 0.552. The van der Waals surface area contributed by atoms with Crippen LogP contribution in [0.15, 0.2) is 4.99 Å². The lowest BCUT2D eigenvalue weighted by molar-refractivity contribution is 0.493. The zero-order valence-electron chi connectivity index (χ0n) is 12.9. The number of aliphatic imine (C=N–C) groups is 1. The first kappa shape index (κ1) is 17.3. The normalized spacial score (nSPS) is 24.0. The van der Waals surface area contributed by atoms with Gasteiger partial charge in [-0.25, -0.2) is 8.42 Å². The van der Waals surface area contributed by atoms with Gasteiger partial charge in [0.15, 0.2) is 15.8 Å². The van der Waals surface area contributed by atoms with Gasteiger partial charge in [0.2, 0.25) is 0 Å². The molecular formula is C14H29N3O2S. The maximum Gasteiger partial charge on any atom is 0.188 e. The lowest BCUT2D eigenvalue weighted by Gasteiger charge is -2.15. The third kappa shape index (κ3) is 7.12. The summed E-state index contributed by atoms with van der Waals surface area (Å²) < 4.78 is 22.7. The molecule has 2 unspecified atom stereocenters. The summed E-state index contributed by atoms with van der Waals surface area (Å²) in [6.45, 7) is 7.06. The van der Waals surface area contributed by atoms with Gasteiger partial charge < -0.3 is 11.1 Å². The van der Waals surface area contributed by atoms with Gasteiger partial charge in [-0.05, 0) is 31.6 Å². The molecule has 3 N–H and O–H groups in total. The molecular weight excluding hydrogens is 274 g/mol. The third-order valence-corrected chi connectivity index (χ3v) is 5.50. The number of rotatable bonds is 7. The monoisotopic (exact) mass is 303 g/mol. The first-order valence-electron chi connectivity index (χ1n) is 7.55. The molecule has 20 heavy (non-hydrogen) atoms. The molecule has 1 heterocycles. The summed E-state index contributed by atoms with van der Waals surface area (Å²) in [6.07, 6.45) is 4.19. The molecule has 0 saturated carbocycles. The highest BCUT2D eigenvalue weighted by Crippen LogP contribution is 2.18. The molecule has 0 spiro atoms. The largest absolute Gasteiger partial charge is 0.370 e. The fourth-order valence-electron chi connectivity index (χ4n) is 2.45. The van der Waals surface area contributed by atoms with Crippen LogP contribution in [0, 0.1) is 11.8 Å². The highest BCUT2D eigenvalue weighted by Gasteiger charge is 2.27. The topological polar surface area (TPSA) is 84.5 Å². The maximum atomic E-state index is 11.3. The van der Waals surface area contributed by atoms with Crippen molar-refractivity contribution in [2.24, 2.45) is 22.6 Å². The minimum absolute atomic E-state index is 0.136. The molecule has 0 bridgehead atoms. The van der Waals surface area contributed by atoms with Crippen molar-refractivity contribution in [1.82, 2.24) is 5.32 Å². The van der Waals surface area contributed by atoms with E-state index in [9.17, 15) is 8.42 Å². The van der Waals surface area contributed by atoms with Crippen molar-refractivity contribution >= 4 is 15.8 Å². The van der Waals surface area contributed by atoms with Crippen LogP contribution >= 0.6 is 0 Å². The molecule has 118 valence electrons. The van der Waals surface area contributed by atoms with Crippen LogP contribution < -0.4 is 11.1 Å². The molecule has 2 atom stereocenters. The molecule has 0 aromatic heterocycles. The summed E-state index contributed by atoms with van der Waals surface area (Å²) in [6, 6.07) is 0.310.